The minimum absolute atomic E-state index is 0.574. The molecule has 19 heavy (non-hydrogen) atoms. The van der Waals surface area contributed by atoms with Gasteiger partial charge in [0.25, 0.3) is 0 Å². The van der Waals surface area contributed by atoms with E-state index in [-0.39, 0.29) is 0 Å². The van der Waals surface area contributed by atoms with Crippen LogP contribution >= 0.6 is 11.6 Å². The molecule has 1 aliphatic rings. The van der Waals surface area contributed by atoms with Gasteiger partial charge in [-0.25, -0.2) is 4.98 Å². The highest BCUT2D eigenvalue weighted by atomic mass is 35.5. The molecule has 1 aromatic carbocycles. The second-order valence-corrected chi connectivity index (χ2v) is 5.46. The van der Waals surface area contributed by atoms with E-state index in [1.54, 1.807) is 0 Å². The van der Waals surface area contributed by atoms with E-state index in [1.807, 2.05) is 6.08 Å². The van der Waals surface area contributed by atoms with Crippen LogP contribution in [0, 0.1) is 6.92 Å². The number of aryl methyl sites for hydroxylation is 1. The highest BCUT2D eigenvalue weighted by Gasteiger charge is 2.18. The first-order valence-corrected chi connectivity index (χ1v) is 7.07. The first kappa shape index (κ1) is 12.6. The molecule has 1 heterocycles. The lowest BCUT2D eigenvalue weighted by Gasteiger charge is -2.04. The van der Waals surface area contributed by atoms with E-state index in [4.69, 9.17) is 11.6 Å². The number of para-hydroxylation sites is 1. The van der Waals surface area contributed by atoms with E-state index in [1.165, 1.54) is 12.8 Å². The molecule has 0 radical (unpaired) electrons. The average molecular weight is 273 g/mol. The van der Waals surface area contributed by atoms with Gasteiger partial charge in [-0.1, -0.05) is 42.0 Å². The Bertz CT molecular complexity index is 630. The third kappa shape index (κ3) is 2.96. The number of rotatable bonds is 4. The summed E-state index contributed by atoms with van der Waals surface area (Å²) in [5.74, 6) is 0. The highest BCUT2D eigenvalue weighted by Crippen LogP contribution is 2.24. The molecule has 1 aromatic heterocycles. The maximum atomic E-state index is 6.25. The largest absolute Gasteiger partial charge is 0.311 e. The maximum absolute atomic E-state index is 6.25. The molecule has 0 amide bonds. The molecule has 2 aromatic rings. The molecular formula is C16H17ClN2. The molecule has 2 nitrogen and oxygen atoms in total. The number of pyridine rings is 1. The summed E-state index contributed by atoms with van der Waals surface area (Å²) < 4.78 is 0. The van der Waals surface area contributed by atoms with Gasteiger partial charge in [-0.3, -0.25) is 0 Å². The molecule has 0 unspecified atom stereocenters. The van der Waals surface area contributed by atoms with E-state index in [2.05, 4.69) is 47.6 Å². The summed E-state index contributed by atoms with van der Waals surface area (Å²) in [6, 6.07) is 9.02. The van der Waals surface area contributed by atoms with Gasteiger partial charge in [-0.2, -0.15) is 0 Å². The van der Waals surface area contributed by atoms with Crippen LogP contribution in [0.1, 0.15) is 24.0 Å². The molecule has 3 rings (SSSR count). The zero-order valence-corrected chi connectivity index (χ0v) is 11.7. The van der Waals surface area contributed by atoms with Gasteiger partial charge < -0.3 is 5.32 Å². The van der Waals surface area contributed by atoms with Crippen molar-refractivity contribution in [1.82, 2.24) is 10.3 Å². The van der Waals surface area contributed by atoms with E-state index >= 15 is 0 Å². The molecule has 98 valence electrons. The van der Waals surface area contributed by atoms with E-state index in [0.717, 1.165) is 34.6 Å². The Hall–Kier alpha value is -1.38. The Kier molecular flexibility index (Phi) is 3.54. The fraction of sp³-hybridized carbons (Fsp3) is 0.312. The van der Waals surface area contributed by atoms with Gasteiger partial charge in [0.1, 0.15) is 5.15 Å². The molecule has 0 aliphatic heterocycles. The molecule has 0 atom stereocenters. The number of fused-ring (bicyclic) bond motifs is 1. The van der Waals surface area contributed by atoms with E-state index < -0.39 is 0 Å². The second-order valence-electron chi connectivity index (χ2n) is 5.10. The monoisotopic (exact) mass is 272 g/mol. The molecule has 1 fully saturated rings. The average Bonchev–Trinajstić information content (AvgIpc) is 3.20. The Labute approximate surface area is 118 Å². The number of nitrogens with one attached hydrogen (secondary N) is 1. The highest BCUT2D eigenvalue weighted by molar-refractivity contribution is 6.31. The molecule has 3 heteroatoms. The first-order valence-electron chi connectivity index (χ1n) is 6.70. The summed E-state index contributed by atoms with van der Waals surface area (Å²) >= 11 is 6.25. The summed E-state index contributed by atoms with van der Waals surface area (Å²) in [6.07, 6.45) is 6.78. The van der Waals surface area contributed by atoms with Gasteiger partial charge in [0.15, 0.2) is 0 Å². The van der Waals surface area contributed by atoms with Gasteiger partial charge in [0, 0.05) is 23.5 Å². The van der Waals surface area contributed by atoms with Crippen LogP contribution < -0.4 is 5.32 Å². The molecule has 1 N–H and O–H groups in total. The predicted octanol–water partition coefficient (Wildman–Crippen LogP) is 3.96. The maximum Gasteiger partial charge on any atom is 0.136 e. The number of hydrogen-bond donors (Lipinski definition) is 1. The van der Waals surface area contributed by atoms with Crippen LogP contribution in [-0.4, -0.2) is 17.6 Å². The number of benzene rings is 1. The summed E-state index contributed by atoms with van der Waals surface area (Å²) in [5, 5.41) is 5.15. The summed E-state index contributed by atoms with van der Waals surface area (Å²) in [6.45, 7) is 2.95. The Morgan fingerprint density at radius 3 is 3.05 bits per heavy atom. The zero-order valence-electron chi connectivity index (χ0n) is 11.0. The minimum atomic E-state index is 0.574. The quantitative estimate of drug-likeness (QED) is 0.852. The molecule has 0 saturated heterocycles. The van der Waals surface area contributed by atoms with Crippen LogP contribution in [0.25, 0.3) is 17.0 Å². The molecule has 0 spiro atoms. The van der Waals surface area contributed by atoms with Gasteiger partial charge in [0.2, 0.25) is 0 Å². The third-order valence-electron chi connectivity index (χ3n) is 3.43. The lowest BCUT2D eigenvalue weighted by Crippen LogP contribution is -2.15. The van der Waals surface area contributed by atoms with Crippen LogP contribution in [0.5, 0.6) is 0 Å². The van der Waals surface area contributed by atoms with Crippen molar-refractivity contribution in [3.05, 3.63) is 46.6 Å². The van der Waals surface area contributed by atoms with Crippen molar-refractivity contribution in [1.29, 1.82) is 0 Å². The topological polar surface area (TPSA) is 24.9 Å². The Morgan fingerprint density at radius 2 is 2.26 bits per heavy atom. The van der Waals surface area contributed by atoms with Crippen molar-refractivity contribution < 1.29 is 0 Å². The van der Waals surface area contributed by atoms with Gasteiger partial charge >= 0.3 is 0 Å². The van der Waals surface area contributed by atoms with Crippen molar-refractivity contribution in [2.45, 2.75) is 25.8 Å². The van der Waals surface area contributed by atoms with Crippen molar-refractivity contribution in [3.63, 3.8) is 0 Å². The van der Waals surface area contributed by atoms with Gasteiger partial charge in [0.05, 0.1) is 5.52 Å². The van der Waals surface area contributed by atoms with E-state index in [9.17, 15) is 0 Å². The van der Waals surface area contributed by atoms with Crippen LogP contribution in [-0.2, 0) is 0 Å². The minimum Gasteiger partial charge on any atom is -0.311 e. The number of nitrogens with zero attached hydrogens (tertiary/aromatic N) is 1. The number of hydrogen-bond acceptors (Lipinski definition) is 2. The van der Waals surface area contributed by atoms with E-state index in [0.29, 0.717) is 5.15 Å². The summed E-state index contributed by atoms with van der Waals surface area (Å²) in [4.78, 5) is 4.50. The van der Waals surface area contributed by atoms with Crippen molar-refractivity contribution in [2.24, 2.45) is 0 Å². The normalized spacial score (nSPS) is 15.5. The van der Waals surface area contributed by atoms with Crippen LogP contribution in [0.4, 0.5) is 0 Å². The fourth-order valence-corrected chi connectivity index (χ4v) is 2.37. The molecule has 0 bridgehead atoms. The summed E-state index contributed by atoms with van der Waals surface area (Å²) in [7, 11) is 0. The fourth-order valence-electron chi connectivity index (χ4n) is 2.17. The smallest absolute Gasteiger partial charge is 0.136 e. The molecule has 1 saturated carbocycles. The zero-order chi connectivity index (χ0) is 13.2. The summed E-state index contributed by atoms with van der Waals surface area (Å²) in [5.41, 5.74) is 3.13. The third-order valence-corrected chi connectivity index (χ3v) is 3.73. The predicted molar refractivity (Wildman–Crippen MR) is 81.5 cm³/mol. The van der Waals surface area contributed by atoms with Crippen LogP contribution in [0.15, 0.2) is 30.3 Å². The Morgan fingerprint density at radius 1 is 1.42 bits per heavy atom. The molecular weight excluding hydrogens is 256 g/mol. The van der Waals surface area contributed by atoms with Crippen LogP contribution in [0.2, 0.25) is 5.15 Å². The number of halogens is 1. The van der Waals surface area contributed by atoms with Crippen molar-refractivity contribution in [3.8, 4) is 0 Å². The SMILES string of the molecule is Cc1cccc2cc(C=CCNC3CC3)c(Cl)nc12. The van der Waals surface area contributed by atoms with Crippen LogP contribution in [0.3, 0.4) is 0 Å². The first-order chi connectivity index (χ1) is 9.24. The van der Waals surface area contributed by atoms with Gasteiger partial charge in [-0.15, -0.1) is 0 Å². The van der Waals surface area contributed by atoms with Gasteiger partial charge in [-0.05, 0) is 31.4 Å². The second kappa shape index (κ2) is 5.32. The molecule has 1 aliphatic carbocycles. The Balaban J connectivity index is 1.84. The standard InChI is InChI=1S/C16H17ClN2/c1-11-4-2-5-12-10-13(16(17)19-15(11)12)6-3-9-18-14-7-8-14/h2-6,10,14,18H,7-9H2,1H3. The van der Waals surface area contributed by atoms with Crippen molar-refractivity contribution >= 4 is 28.6 Å². The lowest BCUT2D eigenvalue weighted by molar-refractivity contribution is 0.754. The lowest BCUT2D eigenvalue weighted by atomic mass is 10.1. The van der Waals surface area contributed by atoms with Crippen molar-refractivity contribution in [2.75, 3.05) is 6.54 Å². The number of aromatic nitrogens is 1.